The molecule has 2 aliphatic rings. The van der Waals surface area contributed by atoms with Crippen LogP contribution in [-0.2, 0) is 49.4 Å². The van der Waals surface area contributed by atoms with Crippen LogP contribution in [0.4, 0.5) is 0 Å². The number of esters is 4. The summed E-state index contributed by atoms with van der Waals surface area (Å²) >= 11 is 0. The Morgan fingerprint density at radius 1 is 0.800 bits per heavy atom. The van der Waals surface area contributed by atoms with E-state index >= 15 is 0 Å². The van der Waals surface area contributed by atoms with Gasteiger partial charge in [-0.3, -0.25) is 19.3 Å². The molecule has 14 heteroatoms. The van der Waals surface area contributed by atoms with Crippen molar-refractivity contribution < 1.29 is 57.4 Å². The highest BCUT2D eigenvalue weighted by Gasteiger charge is 2.55. The van der Waals surface area contributed by atoms with Crippen LogP contribution in [0, 0.1) is 6.92 Å². The Labute approximate surface area is 318 Å². The lowest BCUT2D eigenvalue weighted by molar-refractivity contribution is -0.282. The minimum atomic E-state index is -1.58. The summed E-state index contributed by atoms with van der Waals surface area (Å²) in [5.41, 5.74) is 4.69. The number of rotatable bonds is 13. The zero-order valence-corrected chi connectivity index (χ0v) is 31.5. The second-order valence-corrected chi connectivity index (χ2v) is 13.6. The number of phenolic OH excluding ortho intramolecular Hbond substituents is 1. The number of aryl methyl sites for hydroxylation is 1. The Bertz CT molecular complexity index is 2000. The van der Waals surface area contributed by atoms with Crippen LogP contribution in [0.5, 0.6) is 17.2 Å². The van der Waals surface area contributed by atoms with Gasteiger partial charge in [0, 0.05) is 44.8 Å². The van der Waals surface area contributed by atoms with Gasteiger partial charge in [0.15, 0.2) is 18.3 Å². The highest BCUT2D eigenvalue weighted by molar-refractivity contribution is 5.92. The maximum atomic E-state index is 12.8. The fourth-order valence-electron chi connectivity index (χ4n) is 7.22. The lowest BCUT2D eigenvalue weighted by atomic mass is 9.97. The number of carbonyl (C=O) groups is 4. The molecule has 292 valence electrons. The molecule has 2 aliphatic heterocycles. The highest BCUT2D eigenvalue weighted by Crippen LogP contribution is 2.37. The van der Waals surface area contributed by atoms with E-state index in [9.17, 15) is 24.3 Å². The Balaban J connectivity index is 1.27. The average molecular weight is 759 g/mol. The number of aromatic nitrogens is 1. The van der Waals surface area contributed by atoms with Gasteiger partial charge in [-0.25, -0.2) is 4.79 Å². The van der Waals surface area contributed by atoms with Crippen molar-refractivity contribution in [2.75, 3.05) is 33.4 Å². The van der Waals surface area contributed by atoms with Gasteiger partial charge in [0.1, 0.15) is 23.9 Å². The summed E-state index contributed by atoms with van der Waals surface area (Å²) in [5.74, 6) is -2.04. The van der Waals surface area contributed by atoms with Crippen molar-refractivity contribution >= 4 is 34.8 Å². The van der Waals surface area contributed by atoms with Crippen molar-refractivity contribution in [3.63, 3.8) is 0 Å². The molecule has 14 nitrogen and oxygen atoms in total. The first-order chi connectivity index (χ1) is 26.4. The Morgan fingerprint density at radius 3 is 2.05 bits per heavy atom. The van der Waals surface area contributed by atoms with Crippen molar-refractivity contribution in [1.82, 2.24) is 9.47 Å². The molecule has 55 heavy (non-hydrogen) atoms. The lowest BCUT2D eigenvalue weighted by Gasteiger charge is -2.43. The van der Waals surface area contributed by atoms with E-state index in [1.165, 1.54) is 12.8 Å². The quantitative estimate of drug-likeness (QED) is 0.145. The highest BCUT2D eigenvalue weighted by atomic mass is 16.7. The monoisotopic (exact) mass is 758 g/mol. The molecule has 3 heterocycles. The normalized spacial score (nSPS) is 21.1. The van der Waals surface area contributed by atoms with E-state index < -0.39 is 54.6 Å². The molecule has 6 rings (SSSR count). The van der Waals surface area contributed by atoms with Gasteiger partial charge in [0.25, 0.3) is 0 Å². The Morgan fingerprint density at radius 2 is 1.42 bits per heavy atom. The van der Waals surface area contributed by atoms with Crippen LogP contribution in [0.25, 0.3) is 22.2 Å². The molecule has 5 atom stereocenters. The van der Waals surface area contributed by atoms with Crippen LogP contribution in [0.3, 0.4) is 0 Å². The molecule has 0 amide bonds. The minimum Gasteiger partial charge on any atom is -0.508 e. The first kappa shape index (κ1) is 39.1. The molecule has 1 aromatic heterocycles. The van der Waals surface area contributed by atoms with E-state index in [2.05, 4.69) is 9.47 Å². The number of aromatic hydroxyl groups is 1. The number of hydrogen-bond donors (Lipinski definition) is 1. The summed E-state index contributed by atoms with van der Waals surface area (Å²) in [7, 11) is 1.12. The topological polar surface area (TPSA) is 161 Å². The van der Waals surface area contributed by atoms with Gasteiger partial charge in [-0.15, -0.1) is 0 Å². The smallest absolute Gasteiger partial charge is 0.339 e. The predicted molar refractivity (Wildman–Crippen MR) is 198 cm³/mol. The molecule has 0 saturated carbocycles. The van der Waals surface area contributed by atoms with Crippen LogP contribution >= 0.6 is 0 Å². The number of fused-ring (bicyclic) bond motifs is 1. The average Bonchev–Trinajstić information content (AvgIpc) is 3.76. The fraction of sp³-hybridized carbons (Fsp3) is 0.415. The molecule has 3 aromatic carbocycles. The summed E-state index contributed by atoms with van der Waals surface area (Å²) in [6, 6.07) is 20.4. The number of phenols is 1. The molecule has 2 saturated heterocycles. The predicted octanol–water partition coefficient (Wildman–Crippen LogP) is 4.92. The molecule has 2 fully saturated rings. The van der Waals surface area contributed by atoms with Crippen LogP contribution in [0.15, 0.2) is 66.7 Å². The van der Waals surface area contributed by atoms with Gasteiger partial charge in [0.05, 0.1) is 12.8 Å². The number of benzene rings is 3. The van der Waals surface area contributed by atoms with Gasteiger partial charge in [-0.05, 0) is 104 Å². The first-order valence-corrected chi connectivity index (χ1v) is 18.2. The second kappa shape index (κ2) is 17.2. The molecule has 1 N–H and O–H groups in total. The molecule has 0 unspecified atom stereocenters. The number of methoxy groups -OCH3 is 1. The summed E-state index contributed by atoms with van der Waals surface area (Å²) in [4.78, 5) is 51.7. The van der Waals surface area contributed by atoms with E-state index in [0.717, 1.165) is 86.6 Å². The molecule has 0 radical (unpaired) electrons. The van der Waals surface area contributed by atoms with Crippen molar-refractivity contribution in [1.29, 1.82) is 0 Å². The zero-order valence-electron chi connectivity index (χ0n) is 31.5. The van der Waals surface area contributed by atoms with Crippen LogP contribution in [-0.4, -0.2) is 103 Å². The van der Waals surface area contributed by atoms with Crippen molar-refractivity contribution in [3.05, 3.63) is 77.9 Å². The summed E-state index contributed by atoms with van der Waals surface area (Å²) in [6.45, 7) is 9.71. The van der Waals surface area contributed by atoms with Gasteiger partial charge in [-0.1, -0.05) is 12.1 Å². The van der Waals surface area contributed by atoms with E-state index in [1.807, 2.05) is 49.4 Å². The minimum absolute atomic E-state index is 0.154. The SMILES string of the molecule is COC(=O)[C@H]1O[C@@H](Oc2ccc(-c3c(C)c4cc(O)ccc4n3Cc3ccc(OCCN4CCCC4)cc3)cc2)[C@H](OC(C)=O)[C@@H](OC(C)=O)[C@@H]1OC(C)=O. The van der Waals surface area contributed by atoms with Gasteiger partial charge < -0.3 is 42.8 Å². The number of likely N-dealkylation sites (tertiary alicyclic amines) is 1. The van der Waals surface area contributed by atoms with E-state index in [4.69, 9.17) is 33.2 Å². The molecule has 0 spiro atoms. The third kappa shape index (κ3) is 9.20. The summed E-state index contributed by atoms with van der Waals surface area (Å²) < 4.78 is 41.5. The molecule has 4 aromatic rings. The fourth-order valence-corrected chi connectivity index (χ4v) is 7.22. The van der Waals surface area contributed by atoms with Crippen molar-refractivity contribution in [3.8, 4) is 28.5 Å². The maximum absolute atomic E-state index is 12.8. The third-order valence-electron chi connectivity index (χ3n) is 9.65. The van der Waals surface area contributed by atoms with Crippen LogP contribution < -0.4 is 9.47 Å². The summed E-state index contributed by atoms with van der Waals surface area (Å²) in [5, 5.41) is 11.3. The number of ether oxygens (including phenoxy) is 7. The molecule has 0 bridgehead atoms. The van der Waals surface area contributed by atoms with Crippen molar-refractivity contribution in [2.45, 2.75) is 77.8 Å². The van der Waals surface area contributed by atoms with Gasteiger partial charge >= 0.3 is 23.9 Å². The molecular formula is C41H46N2O12. The lowest BCUT2D eigenvalue weighted by Crippen LogP contribution is -2.64. The first-order valence-electron chi connectivity index (χ1n) is 18.2. The molecule has 0 aliphatic carbocycles. The van der Waals surface area contributed by atoms with Gasteiger partial charge in [-0.2, -0.15) is 0 Å². The van der Waals surface area contributed by atoms with Crippen LogP contribution in [0.2, 0.25) is 0 Å². The van der Waals surface area contributed by atoms with E-state index in [-0.39, 0.29) is 11.5 Å². The van der Waals surface area contributed by atoms with Crippen LogP contribution in [0.1, 0.15) is 44.7 Å². The third-order valence-corrected chi connectivity index (χ3v) is 9.65. The largest absolute Gasteiger partial charge is 0.508 e. The second-order valence-electron chi connectivity index (χ2n) is 13.6. The standard InChI is InChI=1S/C41H46N2O12/c1-24-33-22-30(47)12-17-34(33)43(23-28-8-13-31(14-9-28)50-21-20-42-18-6-7-19-42)35(24)29-10-15-32(16-11-29)54-41-39(53-27(4)46)37(52-26(3)45)36(51-25(2)44)38(55-41)40(48)49-5/h8-17,22,36-39,41,47H,6-7,18-21,23H2,1-5H3/t36-,37-,38-,39+,41+/m0/s1. The molecular weight excluding hydrogens is 712 g/mol. The summed E-state index contributed by atoms with van der Waals surface area (Å²) in [6.07, 6.45) is -5.00. The van der Waals surface area contributed by atoms with Crippen molar-refractivity contribution in [2.24, 2.45) is 0 Å². The van der Waals surface area contributed by atoms with Gasteiger partial charge in [0.2, 0.25) is 12.4 Å². The Kier molecular flexibility index (Phi) is 12.3. The number of hydrogen-bond acceptors (Lipinski definition) is 13. The number of carbonyl (C=O) groups excluding carboxylic acids is 4. The Hall–Kier alpha value is -5.60. The number of nitrogens with zero attached hydrogens (tertiary/aromatic N) is 2. The van der Waals surface area contributed by atoms with E-state index in [1.54, 1.807) is 24.3 Å². The van der Waals surface area contributed by atoms with E-state index in [0.29, 0.717) is 13.2 Å². The maximum Gasteiger partial charge on any atom is 0.339 e. The zero-order chi connectivity index (χ0) is 39.2.